The second-order valence-corrected chi connectivity index (χ2v) is 5.98. The number of carbonyl (C=O) groups excluding carboxylic acids is 1. The van der Waals surface area contributed by atoms with Gasteiger partial charge in [-0.1, -0.05) is 31.5 Å². The third-order valence-electron chi connectivity index (χ3n) is 3.62. The van der Waals surface area contributed by atoms with Crippen LogP contribution >= 0.6 is 11.6 Å². The maximum Gasteiger partial charge on any atom is 0.240 e. The molecule has 0 aromatic heterocycles. The van der Waals surface area contributed by atoms with Gasteiger partial charge in [0.15, 0.2) is 0 Å². The molecular formula is C15H22ClN3O. The van der Waals surface area contributed by atoms with Crippen molar-refractivity contribution in [2.75, 3.05) is 11.4 Å². The molecule has 1 saturated heterocycles. The Bertz CT molecular complexity index is 490. The number of hydrogen-bond donors (Lipinski definition) is 2. The van der Waals surface area contributed by atoms with Gasteiger partial charge in [-0.2, -0.15) is 0 Å². The average molecular weight is 296 g/mol. The second-order valence-electron chi connectivity index (χ2n) is 5.58. The Labute approximate surface area is 125 Å². The maximum atomic E-state index is 11.5. The molecule has 0 saturated carbocycles. The molecule has 3 N–H and O–H groups in total. The largest absolute Gasteiger partial charge is 0.368 e. The van der Waals surface area contributed by atoms with Gasteiger partial charge in [0.2, 0.25) is 5.91 Å². The van der Waals surface area contributed by atoms with Crippen LogP contribution < -0.4 is 16.0 Å². The predicted octanol–water partition coefficient (Wildman–Crippen LogP) is 2.29. The van der Waals surface area contributed by atoms with Gasteiger partial charge in [-0.15, -0.1) is 0 Å². The zero-order valence-electron chi connectivity index (χ0n) is 12.0. The molecule has 1 aliphatic rings. The normalized spacial score (nSPS) is 18.8. The number of primary amides is 1. The number of carbonyl (C=O) groups is 1. The first-order valence-corrected chi connectivity index (χ1v) is 7.44. The average Bonchev–Trinajstić information content (AvgIpc) is 2.85. The quantitative estimate of drug-likeness (QED) is 0.876. The Kier molecular flexibility index (Phi) is 4.89. The molecule has 0 bridgehead atoms. The molecule has 1 aromatic carbocycles. The fourth-order valence-electron chi connectivity index (χ4n) is 2.57. The van der Waals surface area contributed by atoms with Crippen LogP contribution in [0.25, 0.3) is 0 Å². The fraction of sp³-hybridized carbons (Fsp3) is 0.533. The van der Waals surface area contributed by atoms with Gasteiger partial charge in [-0.25, -0.2) is 0 Å². The summed E-state index contributed by atoms with van der Waals surface area (Å²) in [6, 6.07) is 6.20. The highest BCUT2D eigenvalue weighted by molar-refractivity contribution is 6.33. The Balaban J connectivity index is 2.15. The number of nitrogens with one attached hydrogen (secondary N) is 1. The summed E-state index contributed by atoms with van der Waals surface area (Å²) < 4.78 is 0. The van der Waals surface area contributed by atoms with Crippen molar-refractivity contribution in [2.45, 2.75) is 45.3 Å². The summed E-state index contributed by atoms with van der Waals surface area (Å²) >= 11 is 6.37. The van der Waals surface area contributed by atoms with Crippen LogP contribution in [-0.4, -0.2) is 24.5 Å². The number of benzene rings is 1. The molecule has 5 heteroatoms. The SMILES string of the molecule is CC(C)NCc1ccc(N2CCCC2C(N)=O)c(Cl)c1. The topological polar surface area (TPSA) is 58.4 Å². The van der Waals surface area contributed by atoms with E-state index < -0.39 is 0 Å². The minimum absolute atomic E-state index is 0.230. The van der Waals surface area contributed by atoms with Crippen molar-refractivity contribution >= 4 is 23.2 Å². The van der Waals surface area contributed by atoms with Crippen LogP contribution in [0.3, 0.4) is 0 Å². The lowest BCUT2D eigenvalue weighted by molar-refractivity contribution is -0.119. The van der Waals surface area contributed by atoms with Gasteiger partial charge in [-0.05, 0) is 30.5 Å². The minimum atomic E-state index is -0.274. The molecule has 4 nitrogen and oxygen atoms in total. The summed E-state index contributed by atoms with van der Waals surface area (Å²) in [7, 11) is 0. The first kappa shape index (κ1) is 15.1. The zero-order chi connectivity index (χ0) is 14.7. The summed E-state index contributed by atoms with van der Waals surface area (Å²) in [5, 5.41) is 4.04. The van der Waals surface area contributed by atoms with Crippen molar-refractivity contribution in [3.63, 3.8) is 0 Å². The highest BCUT2D eigenvalue weighted by atomic mass is 35.5. The van der Waals surface area contributed by atoms with E-state index in [0.717, 1.165) is 37.2 Å². The minimum Gasteiger partial charge on any atom is -0.368 e. The van der Waals surface area contributed by atoms with Crippen LogP contribution in [0.15, 0.2) is 18.2 Å². The Morgan fingerprint density at radius 2 is 2.30 bits per heavy atom. The van der Waals surface area contributed by atoms with E-state index in [9.17, 15) is 4.79 Å². The molecule has 0 radical (unpaired) electrons. The lowest BCUT2D eigenvalue weighted by Crippen LogP contribution is -2.40. The van der Waals surface area contributed by atoms with E-state index in [0.29, 0.717) is 11.1 Å². The molecule has 1 aromatic rings. The van der Waals surface area contributed by atoms with E-state index in [1.807, 2.05) is 23.1 Å². The van der Waals surface area contributed by atoms with Gasteiger partial charge < -0.3 is 16.0 Å². The standard InChI is InChI=1S/C15H22ClN3O/c1-10(2)18-9-11-5-6-13(12(16)8-11)19-7-3-4-14(19)15(17)20/h5-6,8,10,14,18H,3-4,7,9H2,1-2H3,(H2,17,20). The second kappa shape index (κ2) is 6.46. The molecule has 1 amide bonds. The highest BCUT2D eigenvalue weighted by Crippen LogP contribution is 2.32. The number of hydrogen-bond acceptors (Lipinski definition) is 3. The lowest BCUT2D eigenvalue weighted by atomic mass is 10.1. The predicted molar refractivity (Wildman–Crippen MR) is 83.0 cm³/mol. The molecule has 20 heavy (non-hydrogen) atoms. The molecule has 2 rings (SSSR count). The zero-order valence-corrected chi connectivity index (χ0v) is 12.8. The van der Waals surface area contributed by atoms with E-state index in [1.54, 1.807) is 0 Å². The number of nitrogens with zero attached hydrogens (tertiary/aromatic N) is 1. The highest BCUT2D eigenvalue weighted by Gasteiger charge is 2.30. The number of halogens is 1. The van der Waals surface area contributed by atoms with Crippen molar-refractivity contribution < 1.29 is 4.79 Å². The van der Waals surface area contributed by atoms with Crippen molar-refractivity contribution in [3.05, 3.63) is 28.8 Å². The summed E-state index contributed by atoms with van der Waals surface area (Å²) in [4.78, 5) is 13.5. The van der Waals surface area contributed by atoms with Gasteiger partial charge >= 0.3 is 0 Å². The molecule has 1 heterocycles. The lowest BCUT2D eigenvalue weighted by Gasteiger charge is -2.25. The molecule has 1 atom stereocenters. The monoisotopic (exact) mass is 295 g/mol. The van der Waals surface area contributed by atoms with E-state index in [4.69, 9.17) is 17.3 Å². The summed E-state index contributed by atoms with van der Waals surface area (Å²) in [5.41, 5.74) is 7.50. The molecule has 1 aliphatic heterocycles. The third-order valence-corrected chi connectivity index (χ3v) is 3.92. The number of anilines is 1. The van der Waals surface area contributed by atoms with Crippen molar-refractivity contribution in [3.8, 4) is 0 Å². The third kappa shape index (κ3) is 3.44. The van der Waals surface area contributed by atoms with Gasteiger partial charge in [0.1, 0.15) is 6.04 Å². The van der Waals surface area contributed by atoms with Crippen molar-refractivity contribution in [2.24, 2.45) is 5.73 Å². The first-order chi connectivity index (χ1) is 9.49. The Morgan fingerprint density at radius 3 is 2.90 bits per heavy atom. The number of nitrogens with two attached hydrogens (primary N) is 1. The Hall–Kier alpha value is -1.26. The summed E-state index contributed by atoms with van der Waals surface area (Å²) in [5.74, 6) is -0.274. The molecule has 110 valence electrons. The number of rotatable bonds is 5. The van der Waals surface area contributed by atoms with Crippen LogP contribution in [0.1, 0.15) is 32.3 Å². The molecular weight excluding hydrogens is 274 g/mol. The molecule has 1 unspecified atom stereocenters. The summed E-state index contributed by atoms with van der Waals surface area (Å²) in [6.45, 7) is 5.84. The maximum absolute atomic E-state index is 11.5. The smallest absolute Gasteiger partial charge is 0.240 e. The van der Waals surface area contributed by atoms with Crippen LogP contribution in [0, 0.1) is 0 Å². The van der Waals surface area contributed by atoms with Crippen LogP contribution in [0.5, 0.6) is 0 Å². The van der Waals surface area contributed by atoms with Gasteiger partial charge in [0, 0.05) is 19.1 Å². The first-order valence-electron chi connectivity index (χ1n) is 7.07. The van der Waals surface area contributed by atoms with Crippen LogP contribution in [0.4, 0.5) is 5.69 Å². The van der Waals surface area contributed by atoms with Gasteiger partial charge in [-0.3, -0.25) is 4.79 Å². The van der Waals surface area contributed by atoms with Gasteiger partial charge in [0.25, 0.3) is 0 Å². The summed E-state index contributed by atoms with van der Waals surface area (Å²) in [6.07, 6.45) is 1.78. The van der Waals surface area contributed by atoms with Crippen LogP contribution in [0.2, 0.25) is 5.02 Å². The molecule has 0 spiro atoms. The fourth-order valence-corrected chi connectivity index (χ4v) is 2.88. The molecule has 1 fully saturated rings. The van der Waals surface area contributed by atoms with E-state index in [1.165, 1.54) is 0 Å². The Morgan fingerprint density at radius 1 is 1.55 bits per heavy atom. The van der Waals surface area contributed by atoms with E-state index in [2.05, 4.69) is 19.2 Å². The number of amides is 1. The van der Waals surface area contributed by atoms with Crippen molar-refractivity contribution in [1.82, 2.24) is 5.32 Å². The van der Waals surface area contributed by atoms with Gasteiger partial charge in [0.05, 0.1) is 10.7 Å². The van der Waals surface area contributed by atoms with Crippen LogP contribution in [-0.2, 0) is 11.3 Å². The molecule has 0 aliphatic carbocycles. The van der Waals surface area contributed by atoms with Crippen molar-refractivity contribution in [1.29, 1.82) is 0 Å². The van der Waals surface area contributed by atoms with E-state index >= 15 is 0 Å². The van der Waals surface area contributed by atoms with E-state index in [-0.39, 0.29) is 11.9 Å².